The molecule has 9 heteroatoms. The Bertz CT molecular complexity index is 995. The van der Waals surface area contributed by atoms with E-state index in [1.165, 1.54) is 31.4 Å². The number of benzene rings is 2. The SMILES string of the molecule is COc1cc(C=C2Cc3cccc([N+](=O)[O-])c3C2=O)cc([N+](=O)[O-])c1O. The minimum atomic E-state index is -0.768. The van der Waals surface area contributed by atoms with Crippen LogP contribution >= 0.6 is 0 Å². The third-order valence-electron chi connectivity index (χ3n) is 4.06. The maximum absolute atomic E-state index is 12.6. The van der Waals surface area contributed by atoms with Gasteiger partial charge in [0.15, 0.2) is 11.5 Å². The highest BCUT2D eigenvalue weighted by atomic mass is 16.6. The number of hydrogen-bond acceptors (Lipinski definition) is 7. The number of ketones is 1. The molecule has 1 aliphatic rings. The molecule has 9 nitrogen and oxygen atoms in total. The number of nitro benzene ring substituents is 2. The lowest BCUT2D eigenvalue weighted by Crippen LogP contribution is -2.01. The van der Waals surface area contributed by atoms with Crippen LogP contribution in [-0.2, 0) is 6.42 Å². The molecule has 3 rings (SSSR count). The summed E-state index contributed by atoms with van der Waals surface area (Å²) in [5.74, 6) is -1.22. The second-order valence-corrected chi connectivity index (χ2v) is 5.59. The topological polar surface area (TPSA) is 133 Å². The summed E-state index contributed by atoms with van der Waals surface area (Å²) in [5.41, 5.74) is 0.247. The van der Waals surface area contributed by atoms with Crippen LogP contribution in [0.1, 0.15) is 21.5 Å². The summed E-state index contributed by atoms with van der Waals surface area (Å²) >= 11 is 0. The Kier molecular flexibility index (Phi) is 4.13. The van der Waals surface area contributed by atoms with Gasteiger partial charge in [-0.2, -0.15) is 0 Å². The number of phenolic OH excluding ortho intramolecular Hbond substituents is 1. The largest absolute Gasteiger partial charge is 0.500 e. The van der Waals surface area contributed by atoms with Gasteiger partial charge in [-0.15, -0.1) is 0 Å². The summed E-state index contributed by atoms with van der Waals surface area (Å²) in [6.45, 7) is 0. The summed E-state index contributed by atoms with van der Waals surface area (Å²) in [5, 5.41) is 32.0. The summed E-state index contributed by atoms with van der Waals surface area (Å²) in [6, 6.07) is 6.84. The molecule has 0 atom stereocenters. The number of hydrogen-bond donors (Lipinski definition) is 1. The van der Waals surface area contributed by atoms with Gasteiger partial charge < -0.3 is 9.84 Å². The third-order valence-corrected chi connectivity index (χ3v) is 4.06. The number of rotatable bonds is 4. The van der Waals surface area contributed by atoms with Gasteiger partial charge in [0.05, 0.1) is 17.0 Å². The number of carbonyl (C=O) groups is 1. The summed E-state index contributed by atoms with van der Waals surface area (Å²) in [7, 11) is 1.25. The molecule has 26 heavy (non-hydrogen) atoms. The first-order valence-corrected chi connectivity index (χ1v) is 7.40. The van der Waals surface area contributed by atoms with Crippen LogP contribution in [0.3, 0.4) is 0 Å². The maximum atomic E-state index is 12.6. The standard InChI is InChI=1S/C17H12N2O7/c1-26-14-7-9(6-13(17(14)21)19(24)25)5-11-8-10-3-2-4-12(18(22)23)15(10)16(11)20/h2-7,21H,8H2,1H3. The van der Waals surface area contributed by atoms with Crippen LogP contribution < -0.4 is 4.74 Å². The molecule has 0 radical (unpaired) electrons. The van der Waals surface area contributed by atoms with Crippen LogP contribution in [0.4, 0.5) is 11.4 Å². The normalized spacial score (nSPS) is 14.3. The van der Waals surface area contributed by atoms with E-state index >= 15 is 0 Å². The number of allylic oxidation sites excluding steroid dienone is 1. The van der Waals surface area contributed by atoms with Gasteiger partial charge in [0.2, 0.25) is 5.75 Å². The Hall–Kier alpha value is -3.75. The molecule has 0 bridgehead atoms. The fourth-order valence-corrected chi connectivity index (χ4v) is 2.90. The average molecular weight is 356 g/mol. The number of phenols is 1. The number of methoxy groups -OCH3 is 1. The van der Waals surface area contributed by atoms with Gasteiger partial charge >= 0.3 is 5.69 Å². The van der Waals surface area contributed by atoms with E-state index in [0.29, 0.717) is 5.56 Å². The van der Waals surface area contributed by atoms with E-state index < -0.39 is 27.1 Å². The Morgan fingerprint density at radius 2 is 1.85 bits per heavy atom. The first-order valence-electron chi connectivity index (χ1n) is 7.40. The molecule has 0 aliphatic heterocycles. The lowest BCUT2D eigenvalue weighted by molar-refractivity contribution is -0.386. The van der Waals surface area contributed by atoms with Crippen LogP contribution in [0.15, 0.2) is 35.9 Å². The van der Waals surface area contributed by atoms with E-state index in [1.54, 1.807) is 6.07 Å². The van der Waals surface area contributed by atoms with Crippen molar-refractivity contribution in [3.8, 4) is 11.5 Å². The van der Waals surface area contributed by atoms with Gasteiger partial charge in [0, 0.05) is 24.1 Å². The second kappa shape index (κ2) is 6.28. The van der Waals surface area contributed by atoms with Gasteiger partial charge in [-0.1, -0.05) is 12.1 Å². The molecule has 2 aromatic carbocycles. The number of ether oxygens (including phenoxy) is 1. The van der Waals surface area contributed by atoms with E-state index in [4.69, 9.17) is 4.74 Å². The minimum Gasteiger partial charge on any atom is -0.500 e. The van der Waals surface area contributed by atoms with Gasteiger partial charge in [-0.05, 0) is 23.3 Å². The number of aromatic hydroxyl groups is 1. The van der Waals surface area contributed by atoms with E-state index in [2.05, 4.69) is 0 Å². The zero-order valence-electron chi connectivity index (χ0n) is 13.5. The van der Waals surface area contributed by atoms with Crippen LogP contribution in [0, 0.1) is 20.2 Å². The molecule has 0 heterocycles. The van der Waals surface area contributed by atoms with Gasteiger partial charge in [0.25, 0.3) is 5.69 Å². The van der Waals surface area contributed by atoms with Crippen LogP contribution in [0.2, 0.25) is 0 Å². The fourth-order valence-electron chi connectivity index (χ4n) is 2.90. The van der Waals surface area contributed by atoms with Crippen LogP contribution in [0.25, 0.3) is 6.08 Å². The van der Waals surface area contributed by atoms with Crippen molar-refractivity contribution in [1.29, 1.82) is 0 Å². The van der Waals surface area contributed by atoms with Crippen LogP contribution in [-0.4, -0.2) is 27.8 Å². The van der Waals surface area contributed by atoms with Crippen LogP contribution in [0.5, 0.6) is 11.5 Å². The maximum Gasteiger partial charge on any atom is 0.315 e. The molecule has 0 saturated carbocycles. The number of nitrogens with zero attached hydrogens (tertiary/aromatic N) is 2. The number of fused-ring (bicyclic) bond motifs is 1. The zero-order chi connectivity index (χ0) is 19.0. The molecule has 0 fully saturated rings. The lowest BCUT2D eigenvalue weighted by atomic mass is 10.1. The van der Waals surface area contributed by atoms with Crippen molar-refractivity contribution < 1.29 is 24.5 Å². The van der Waals surface area contributed by atoms with Gasteiger partial charge in [-0.25, -0.2) is 0 Å². The van der Waals surface area contributed by atoms with E-state index in [1.807, 2.05) is 0 Å². The molecule has 1 aliphatic carbocycles. The predicted octanol–water partition coefficient (Wildman–Crippen LogP) is 3.04. The van der Waals surface area contributed by atoms with Gasteiger partial charge in [0.1, 0.15) is 5.56 Å². The molecule has 0 amide bonds. The summed E-state index contributed by atoms with van der Waals surface area (Å²) < 4.78 is 4.92. The highest BCUT2D eigenvalue weighted by Crippen LogP contribution is 2.39. The summed E-state index contributed by atoms with van der Waals surface area (Å²) in [4.78, 5) is 33.4. The van der Waals surface area contributed by atoms with Gasteiger partial charge in [-0.3, -0.25) is 25.0 Å². The molecule has 0 spiro atoms. The molecular weight excluding hydrogens is 344 g/mol. The molecule has 0 aromatic heterocycles. The van der Waals surface area contributed by atoms with Crippen molar-refractivity contribution in [2.75, 3.05) is 7.11 Å². The van der Waals surface area contributed by atoms with Crippen molar-refractivity contribution in [2.24, 2.45) is 0 Å². The average Bonchev–Trinajstić information content (AvgIpc) is 2.91. The highest BCUT2D eigenvalue weighted by molar-refractivity contribution is 6.17. The summed E-state index contributed by atoms with van der Waals surface area (Å²) in [6.07, 6.45) is 1.58. The van der Waals surface area contributed by atoms with Crippen molar-refractivity contribution in [3.05, 3.63) is 72.8 Å². The molecule has 132 valence electrons. The minimum absolute atomic E-state index is 0.0315. The molecule has 0 unspecified atom stereocenters. The molecule has 1 N–H and O–H groups in total. The smallest absolute Gasteiger partial charge is 0.315 e. The first kappa shape index (κ1) is 17.1. The number of Topliss-reactive ketones (excluding diaryl/α,β-unsaturated/α-hetero) is 1. The second-order valence-electron chi connectivity index (χ2n) is 5.59. The highest BCUT2D eigenvalue weighted by Gasteiger charge is 2.32. The number of carbonyl (C=O) groups excluding carboxylic acids is 1. The zero-order valence-corrected chi connectivity index (χ0v) is 13.5. The van der Waals surface area contributed by atoms with Crippen molar-refractivity contribution >= 4 is 23.2 Å². The Morgan fingerprint density at radius 1 is 1.15 bits per heavy atom. The van der Waals surface area contributed by atoms with E-state index in [0.717, 1.165) is 6.07 Å². The molecule has 0 saturated heterocycles. The molecule has 2 aromatic rings. The van der Waals surface area contributed by atoms with E-state index in [9.17, 15) is 30.1 Å². The Morgan fingerprint density at radius 3 is 2.46 bits per heavy atom. The fraction of sp³-hybridized carbons (Fsp3) is 0.118. The van der Waals surface area contributed by atoms with Crippen molar-refractivity contribution in [2.45, 2.75) is 6.42 Å². The van der Waals surface area contributed by atoms with Crippen molar-refractivity contribution in [1.82, 2.24) is 0 Å². The predicted molar refractivity (Wildman–Crippen MR) is 90.4 cm³/mol. The van der Waals surface area contributed by atoms with E-state index in [-0.39, 0.29) is 34.6 Å². The third kappa shape index (κ3) is 2.75. The monoisotopic (exact) mass is 356 g/mol. The molecular formula is C17H12N2O7. The number of nitro groups is 2. The first-order chi connectivity index (χ1) is 12.3. The van der Waals surface area contributed by atoms with Crippen molar-refractivity contribution in [3.63, 3.8) is 0 Å². The Labute approximate surface area is 146 Å². The lowest BCUT2D eigenvalue weighted by Gasteiger charge is -2.06. The quantitative estimate of drug-likeness (QED) is 0.505. The Balaban J connectivity index is 2.09.